The van der Waals surface area contributed by atoms with Crippen molar-refractivity contribution in [2.75, 3.05) is 18.0 Å². The first-order valence-electron chi connectivity index (χ1n) is 11.9. The molecule has 3 N–H and O–H groups in total. The molecule has 1 saturated heterocycles. The Morgan fingerprint density at radius 2 is 1.77 bits per heavy atom. The molecule has 6 aliphatic rings. The van der Waals surface area contributed by atoms with Gasteiger partial charge in [-0.15, -0.1) is 0 Å². The quantitative estimate of drug-likeness (QED) is 0.709. The first-order chi connectivity index (χ1) is 14.4. The Labute approximate surface area is 178 Å². The van der Waals surface area contributed by atoms with Crippen LogP contribution < -0.4 is 10.2 Å². The molecule has 162 valence electrons. The maximum absolute atomic E-state index is 13.1. The molecule has 5 saturated carbocycles. The van der Waals surface area contributed by atoms with Gasteiger partial charge in [-0.1, -0.05) is 6.07 Å². The van der Waals surface area contributed by atoms with E-state index in [1.165, 1.54) is 0 Å². The van der Waals surface area contributed by atoms with E-state index in [4.69, 9.17) is 0 Å². The minimum atomic E-state index is -0.491. The van der Waals surface area contributed by atoms with Gasteiger partial charge in [-0.05, 0) is 93.6 Å². The van der Waals surface area contributed by atoms with Gasteiger partial charge < -0.3 is 20.4 Å². The predicted molar refractivity (Wildman–Crippen MR) is 113 cm³/mol. The lowest BCUT2D eigenvalue weighted by molar-refractivity contribution is -0.136. The maximum atomic E-state index is 13.1. The van der Waals surface area contributed by atoms with Gasteiger partial charge >= 0.3 is 0 Å². The number of amides is 1. The number of nitrogens with zero attached hydrogens (tertiary/aromatic N) is 2. The van der Waals surface area contributed by atoms with Crippen LogP contribution in [0.5, 0.6) is 0 Å². The molecule has 6 nitrogen and oxygen atoms in total. The maximum Gasteiger partial charge on any atom is 0.270 e. The number of rotatable bonds is 4. The normalized spacial score (nSPS) is 39.2. The zero-order valence-corrected chi connectivity index (χ0v) is 17.6. The third-order valence-electron chi connectivity index (χ3n) is 8.80. The highest BCUT2D eigenvalue weighted by Gasteiger charge is 2.55. The van der Waals surface area contributed by atoms with Gasteiger partial charge in [0.25, 0.3) is 5.91 Å². The van der Waals surface area contributed by atoms with Crippen molar-refractivity contribution >= 4 is 11.7 Å². The Morgan fingerprint density at radius 1 is 1.07 bits per heavy atom. The number of carbonyl (C=O) groups is 1. The molecular formula is C24H33N3O3. The summed E-state index contributed by atoms with van der Waals surface area (Å²) in [5.41, 5.74) is -0.496. The van der Waals surface area contributed by atoms with Gasteiger partial charge in [0.2, 0.25) is 0 Å². The minimum absolute atomic E-state index is 0.0900. The fourth-order valence-electron chi connectivity index (χ4n) is 7.32. The van der Waals surface area contributed by atoms with Crippen molar-refractivity contribution in [3.05, 3.63) is 23.9 Å². The van der Waals surface area contributed by atoms with Crippen molar-refractivity contribution in [1.82, 2.24) is 10.3 Å². The van der Waals surface area contributed by atoms with E-state index in [1.807, 2.05) is 12.1 Å². The second-order valence-corrected chi connectivity index (χ2v) is 10.9. The molecule has 6 fully saturated rings. The van der Waals surface area contributed by atoms with Gasteiger partial charge in [0.05, 0.1) is 11.2 Å². The number of aromatic nitrogens is 1. The van der Waals surface area contributed by atoms with Crippen LogP contribution in [-0.2, 0) is 0 Å². The molecule has 0 aromatic carbocycles. The molecule has 0 radical (unpaired) electrons. The standard InChI is InChI=1S/C24H33N3O3/c28-22(26-21-16-10-15-11-17(21)14-23(29,12-15)13-16)19-2-1-3-20(25-19)27-8-6-24(30,7-9-27)18-4-5-18/h1-3,15-18,21,29-30H,4-14H2,(H,26,28). The summed E-state index contributed by atoms with van der Waals surface area (Å²) in [5, 5.41) is 24.9. The van der Waals surface area contributed by atoms with Crippen LogP contribution in [0.15, 0.2) is 18.2 Å². The van der Waals surface area contributed by atoms with Crippen molar-refractivity contribution in [1.29, 1.82) is 0 Å². The van der Waals surface area contributed by atoms with Gasteiger partial charge in [0.1, 0.15) is 11.5 Å². The molecule has 0 spiro atoms. The molecule has 2 heterocycles. The molecule has 5 aliphatic carbocycles. The van der Waals surface area contributed by atoms with Crippen molar-refractivity contribution < 1.29 is 15.0 Å². The highest BCUT2D eigenvalue weighted by atomic mass is 16.3. The van der Waals surface area contributed by atoms with Gasteiger partial charge in [0.15, 0.2) is 0 Å². The van der Waals surface area contributed by atoms with E-state index in [0.717, 1.165) is 76.7 Å². The monoisotopic (exact) mass is 411 g/mol. The van der Waals surface area contributed by atoms with Crippen molar-refractivity contribution in [3.8, 4) is 0 Å². The van der Waals surface area contributed by atoms with Crippen LogP contribution >= 0.6 is 0 Å². The summed E-state index contributed by atoms with van der Waals surface area (Å²) in [6.45, 7) is 1.58. The number of piperidine rings is 1. The second kappa shape index (κ2) is 6.67. The molecule has 30 heavy (non-hydrogen) atoms. The van der Waals surface area contributed by atoms with E-state index >= 15 is 0 Å². The van der Waals surface area contributed by atoms with E-state index in [2.05, 4.69) is 15.2 Å². The van der Waals surface area contributed by atoms with Gasteiger partial charge in [0, 0.05) is 19.1 Å². The Bertz CT molecular complexity index is 830. The number of hydrogen-bond acceptors (Lipinski definition) is 5. The Morgan fingerprint density at radius 3 is 2.40 bits per heavy atom. The number of anilines is 1. The summed E-state index contributed by atoms with van der Waals surface area (Å²) >= 11 is 0. The SMILES string of the molecule is O=C(NC1C2CC3CC1CC(O)(C3)C2)c1cccc(N2CCC(O)(C3CC3)CC2)n1. The Balaban J connectivity index is 1.13. The molecule has 1 aliphatic heterocycles. The van der Waals surface area contributed by atoms with Crippen molar-refractivity contribution in [3.63, 3.8) is 0 Å². The van der Waals surface area contributed by atoms with E-state index < -0.39 is 11.2 Å². The summed E-state index contributed by atoms with van der Waals surface area (Å²) in [6, 6.07) is 5.85. The summed E-state index contributed by atoms with van der Waals surface area (Å²) in [5.74, 6) is 2.66. The molecule has 6 heteroatoms. The summed E-state index contributed by atoms with van der Waals surface area (Å²) in [7, 11) is 0. The Hall–Kier alpha value is -1.66. The van der Waals surface area contributed by atoms with Crippen LogP contribution in [0.3, 0.4) is 0 Å². The van der Waals surface area contributed by atoms with Crippen LogP contribution in [0, 0.1) is 23.7 Å². The third kappa shape index (κ3) is 3.23. The molecule has 4 bridgehead atoms. The van der Waals surface area contributed by atoms with Crippen LogP contribution in [0.4, 0.5) is 5.82 Å². The van der Waals surface area contributed by atoms with Crippen LogP contribution in [0.2, 0.25) is 0 Å². The zero-order valence-electron chi connectivity index (χ0n) is 17.6. The van der Waals surface area contributed by atoms with Gasteiger partial charge in [-0.2, -0.15) is 0 Å². The lowest BCUT2D eigenvalue weighted by Gasteiger charge is -2.58. The summed E-state index contributed by atoms with van der Waals surface area (Å²) in [4.78, 5) is 19.9. The molecule has 2 unspecified atom stereocenters. The van der Waals surface area contributed by atoms with E-state index in [1.54, 1.807) is 6.07 Å². The molecule has 2 atom stereocenters. The number of carbonyl (C=O) groups excluding carboxylic acids is 1. The third-order valence-corrected chi connectivity index (χ3v) is 8.80. The predicted octanol–water partition coefficient (Wildman–Crippen LogP) is 2.49. The van der Waals surface area contributed by atoms with Gasteiger partial charge in [-0.3, -0.25) is 4.79 Å². The lowest BCUT2D eigenvalue weighted by Crippen LogP contribution is -2.61. The van der Waals surface area contributed by atoms with E-state index in [9.17, 15) is 15.0 Å². The van der Waals surface area contributed by atoms with Crippen LogP contribution in [-0.4, -0.2) is 51.4 Å². The smallest absolute Gasteiger partial charge is 0.270 e. The van der Waals surface area contributed by atoms with Crippen molar-refractivity contribution in [2.45, 2.75) is 75.0 Å². The molecule has 7 rings (SSSR count). The highest BCUT2D eigenvalue weighted by molar-refractivity contribution is 5.93. The molecule has 1 amide bonds. The number of hydrogen-bond donors (Lipinski definition) is 3. The molecular weight excluding hydrogens is 378 g/mol. The summed E-state index contributed by atoms with van der Waals surface area (Å²) < 4.78 is 0. The van der Waals surface area contributed by atoms with E-state index in [-0.39, 0.29) is 11.9 Å². The summed E-state index contributed by atoms with van der Waals surface area (Å²) in [6.07, 6.45) is 8.76. The second-order valence-electron chi connectivity index (χ2n) is 10.9. The first kappa shape index (κ1) is 19.1. The average molecular weight is 412 g/mol. The first-order valence-corrected chi connectivity index (χ1v) is 11.9. The van der Waals surface area contributed by atoms with Crippen molar-refractivity contribution in [2.24, 2.45) is 23.7 Å². The fraction of sp³-hybridized carbons (Fsp3) is 0.750. The topological polar surface area (TPSA) is 85.7 Å². The Kier molecular flexibility index (Phi) is 4.24. The number of nitrogens with one attached hydrogen (secondary N) is 1. The van der Waals surface area contributed by atoms with Crippen LogP contribution in [0.25, 0.3) is 0 Å². The fourth-order valence-corrected chi connectivity index (χ4v) is 7.32. The minimum Gasteiger partial charge on any atom is -0.390 e. The highest BCUT2D eigenvalue weighted by Crippen LogP contribution is 2.55. The van der Waals surface area contributed by atoms with Crippen LogP contribution in [0.1, 0.15) is 68.3 Å². The lowest BCUT2D eigenvalue weighted by atomic mass is 9.52. The molecule has 1 aromatic heterocycles. The number of aliphatic hydroxyl groups is 2. The number of pyridine rings is 1. The zero-order chi connectivity index (χ0) is 20.5. The average Bonchev–Trinajstić information content (AvgIpc) is 3.56. The molecule has 1 aromatic rings. The van der Waals surface area contributed by atoms with Gasteiger partial charge in [-0.25, -0.2) is 4.98 Å². The largest absolute Gasteiger partial charge is 0.390 e. The van der Waals surface area contributed by atoms with E-state index in [0.29, 0.717) is 29.4 Å².